The molecular weight excluding hydrogens is 462 g/mol. The highest BCUT2D eigenvalue weighted by Gasteiger charge is 2.30. The average molecular weight is 493 g/mol. The van der Waals surface area contributed by atoms with Crippen molar-refractivity contribution in [2.24, 2.45) is 5.41 Å². The summed E-state index contributed by atoms with van der Waals surface area (Å²) in [5.74, 6) is -1.11. The second-order valence-corrected chi connectivity index (χ2v) is 9.71. The van der Waals surface area contributed by atoms with Crippen LogP contribution >= 0.6 is 0 Å². The fourth-order valence-corrected chi connectivity index (χ4v) is 4.67. The van der Waals surface area contributed by atoms with Gasteiger partial charge in [-0.1, -0.05) is 38.1 Å². The van der Waals surface area contributed by atoms with E-state index in [1.54, 1.807) is 31.4 Å². The van der Waals surface area contributed by atoms with Crippen LogP contribution in [0.3, 0.4) is 0 Å². The molecule has 0 amide bonds. The van der Waals surface area contributed by atoms with Crippen LogP contribution in [0.15, 0.2) is 60.7 Å². The summed E-state index contributed by atoms with van der Waals surface area (Å²) in [6, 6.07) is 14.8. The van der Waals surface area contributed by atoms with Crippen molar-refractivity contribution in [3.63, 3.8) is 0 Å². The molecule has 0 saturated heterocycles. The van der Waals surface area contributed by atoms with Gasteiger partial charge in [-0.05, 0) is 88.9 Å². The monoisotopic (exact) mass is 492 g/mol. The van der Waals surface area contributed by atoms with Gasteiger partial charge < -0.3 is 14.6 Å². The summed E-state index contributed by atoms with van der Waals surface area (Å²) in [6.45, 7) is 4.47. The van der Waals surface area contributed by atoms with E-state index >= 15 is 0 Å². The van der Waals surface area contributed by atoms with Gasteiger partial charge >= 0.3 is 5.97 Å². The highest BCUT2D eigenvalue weighted by molar-refractivity contribution is 5.85. The van der Waals surface area contributed by atoms with Gasteiger partial charge in [-0.2, -0.15) is 0 Å². The summed E-state index contributed by atoms with van der Waals surface area (Å²) >= 11 is 0. The molecule has 4 rings (SSSR count). The Bertz CT molecular complexity index is 1310. The van der Waals surface area contributed by atoms with E-state index in [9.17, 15) is 13.6 Å². The first-order chi connectivity index (χ1) is 17.2. The molecule has 0 spiro atoms. The minimum atomic E-state index is -0.911. The van der Waals surface area contributed by atoms with E-state index in [0.717, 1.165) is 35.1 Å². The lowest BCUT2D eigenvalue weighted by molar-refractivity contribution is -0.136. The normalized spacial score (nSPS) is 14.4. The van der Waals surface area contributed by atoms with Gasteiger partial charge in [-0.25, -0.2) is 8.78 Å². The molecule has 3 aromatic carbocycles. The number of carboxylic acid groups (broad SMARTS) is 1. The molecule has 0 bridgehead atoms. The van der Waals surface area contributed by atoms with Crippen LogP contribution in [0.4, 0.5) is 8.78 Å². The molecule has 0 aliphatic heterocycles. The smallest absolute Gasteiger partial charge is 0.303 e. The molecule has 1 aliphatic rings. The van der Waals surface area contributed by atoms with Gasteiger partial charge in [0.25, 0.3) is 0 Å². The molecule has 188 valence electrons. The number of carbonyl (C=O) groups is 1. The molecule has 0 aromatic heterocycles. The molecule has 0 radical (unpaired) electrons. The second-order valence-electron chi connectivity index (χ2n) is 9.71. The maximum Gasteiger partial charge on any atom is 0.303 e. The lowest BCUT2D eigenvalue weighted by Gasteiger charge is -2.25. The number of aliphatic carboxylic acids is 1. The summed E-state index contributed by atoms with van der Waals surface area (Å²) in [5, 5.41) is 8.91. The van der Waals surface area contributed by atoms with Crippen molar-refractivity contribution in [1.82, 2.24) is 0 Å². The fourth-order valence-electron chi connectivity index (χ4n) is 4.67. The Balaban J connectivity index is 1.67. The number of rotatable bonds is 9. The topological polar surface area (TPSA) is 55.8 Å². The second kappa shape index (κ2) is 10.5. The number of halogens is 2. The lowest BCUT2D eigenvalue weighted by atomic mass is 9.79. The van der Waals surface area contributed by atoms with Crippen LogP contribution in [0, 0.1) is 17.0 Å². The van der Waals surface area contributed by atoms with Crippen molar-refractivity contribution in [3.8, 4) is 22.6 Å². The number of allylic oxidation sites excluding steroid dienone is 2. The number of hydrogen-bond acceptors (Lipinski definition) is 3. The Morgan fingerprint density at radius 3 is 2.39 bits per heavy atom. The predicted octanol–water partition coefficient (Wildman–Crippen LogP) is 7.44. The SMILES string of the molecule is COc1ccc(F)c(-c2ccc(COc3cc(CCC(=O)O)ccc3F)cc2C2=CCCC2(C)C)c1. The van der Waals surface area contributed by atoms with E-state index in [0.29, 0.717) is 23.3 Å². The molecule has 4 nitrogen and oxygen atoms in total. The maximum absolute atomic E-state index is 14.9. The first-order valence-corrected chi connectivity index (χ1v) is 12.0. The van der Waals surface area contributed by atoms with Crippen molar-refractivity contribution in [1.29, 1.82) is 0 Å². The Morgan fingerprint density at radius 2 is 1.69 bits per heavy atom. The van der Waals surface area contributed by atoms with Crippen LogP contribution in [-0.2, 0) is 17.8 Å². The molecule has 6 heteroatoms. The van der Waals surface area contributed by atoms with Crippen LogP contribution < -0.4 is 9.47 Å². The Labute approximate surface area is 210 Å². The first-order valence-electron chi connectivity index (χ1n) is 12.0. The van der Waals surface area contributed by atoms with Crippen LogP contribution in [-0.4, -0.2) is 18.2 Å². The van der Waals surface area contributed by atoms with Crippen LogP contribution in [0.1, 0.15) is 49.8 Å². The highest BCUT2D eigenvalue weighted by Crippen LogP contribution is 2.47. The third-order valence-corrected chi connectivity index (χ3v) is 6.70. The van der Waals surface area contributed by atoms with Gasteiger partial charge in [0, 0.05) is 12.0 Å². The van der Waals surface area contributed by atoms with Crippen molar-refractivity contribution in [2.75, 3.05) is 7.11 Å². The number of carboxylic acids is 1. The third-order valence-electron chi connectivity index (χ3n) is 6.70. The van der Waals surface area contributed by atoms with Gasteiger partial charge in [-0.3, -0.25) is 4.79 Å². The summed E-state index contributed by atoms with van der Waals surface area (Å²) in [4.78, 5) is 10.9. The third kappa shape index (κ3) is 5.59. The molecule has 0 unspecified atom stereocenters. The van der Waals surface area contributed by atoms with E-state index in [-0.39, 0.29) is 30.0 Å². The van der Waals surface area contributed by atoms with Crippen molar-refractivity contribution >= 4 is 11.5 Å². The zero-order chi connectivity index (χ0) is 25.9. The quantitative estimate of drug-likeness (QED) is 0.337. The zero-order valence-electron chi connectivity index (χ0n) is 20.7. The number of ether oxygens (including phenoxy) is 2. The molecule has 0 saturated carbocycles. The number of benzene rings is 3. The van der Waals surface area contributed by atoms with Crippen LogP contribution in [0.25, 0.3) is 16.7 Å². The molecular formula is C30H30F2O4. The lowest BCUT2D eigenvalue weighted by Crippen LogP contribution is -2.10. The fraction of sp³-hybridized carbons (Fsp3) is 0.300. The molecule has 1 N–H and O–H groups in total. The summed E-state index contributed by atoms with van der Waals surface area (Å²) in [7, 11) is 1.55. The van der Waals surface area contributed by atoms with Crippen molar-refractivity contribution in [3.05, 3.63) is 89.0 Å². The first kappa shape index (κ1) is 25.4. The predicted molar refractivity (Wildman–Crippen MR) is 136 cm³/mol. The Hall–Kier alpha value is -3.67. The summed E-state index contributed by atoms with van der Waals surface area (Å²) in [5.41, 5.74) is 4.71. The average Bonchev–Trinajstić information content (AvgIpc) is 3.21. The van der Waals surface area contributed by atoms with E-state index in [1.807, 2.05) is 18.2 Å². The largest absolute Gasteiger partial charge is 0.497 e. The number of aryl methyl sites for hydroxylation is 1. The number of hydrogen-bond donors (Lipinski definition) is 1. The Morgan fingerprint density at radius 1 is 0.944 bits per heavy atom. The molecule has 0 heterocycles. The summed E-state index contributed by atoms with van der Waals surface area (Å²) in [6.07, 6.45) is 4.39. The van der Waals surface area contributed by atoms with Gasteiger partial charge in [0.1, 0.15) is 18.2 Å². The maximum atomic E-state index is 14.9. The van der Waals surface area contributed by atoms with E-state index in [4.69, 9.17) is 14.6 Å². The van der Waals surface area contributed by atoms with Gasteiger partial charge in [0.05, 0.1) is 7.11 Å². The Kier molecular flexibility index (Phi) is 7.43. The van der Waals surface area contributed by atoms with E-state index in [1.165, 1.54) is 12.1 Å². The van der Waals surface area contributed by atoms with E-state index < -0.39 is 11.8 Å². The highest BCUT2D eigenvalue weighted by atomic mass is 19.1. The molecule has 1 aliphatic carbocycles. The van der Waals surface area contributed by atoms with Gasteiger partial charge in [0.15, 0.2) is 11.6 Å². The van der Waals surface area contributed by atoms with Crippen molar-refractivity contribution < 1.29 is 28.2 Å². The number of methoxy groups -OCH3 is 1. The minimum Gasteiger partial charge on any atom is -0.497 e. The van der Waals surface area contributed by atoms with Crippen LogP contribution in [0.5, 0.6) is 11.5 Å². The summed E-state index contributed by atoms with van der Waals surface area (Å²) < 4.78 is 40.5. The van der Waals surface area contributed by atoms with E-state index in [2.05, 4.69) is 19.9 Å². The molecule has 3 aromatic rings. The van der Waals surface area contributed by atoms with Gasteiger partial charge in [-0.15, -0.1) is 0 Å². The van der Waals surface area contributed by atoms with Crippen molar-refractivity contribution in [2.45, 2.75) is 46.1 Å². The zero-order valence-corrected chi connectivity index (χ0v) is 20.7. The molecule has 0 fully saturated rings. The van der Waals surface area contributed by atoms with Gasteiger partial charge in [0.2, 0.25) is 0 Å². The molecule has 0 atom stereocenters. The minimum absolute atomic E-state index is 0.0401. The molecule has 36 heavy (non-hydrogen) atoms. The van der Waals surface area contributed by atoms with Crippen LogP contribution in [0.2, 0.25) is 0 Å². The standard InChI is InChI=1S/C30H30F2O4/c1-30(2)14-4-5-25(30)23-15-20(6-10-22(23)24-17-21(35-3)9-12-26(24)31)18-36-28-16-19(7-11-27(28)32)8-13-29(33)34/h5-7,9-12,15-17H,4,8,13-14,18H2,1-3H3,(H,33,34).